The lowest BCUT2D eigenvalue weighted by Gasteiger charge is -2.23. The molecular weight excluding hydrogens is 259 g/mol. The van der Waals surface area contributed by atoms with Gasteiger partial charge in [-0.3, -0.25) is 4.79 Å². The van der Waals surface area contributed by atoms with Crippen LogP contribution in [0.1, 0.15) is 25.7 Å². The topological polar surface area (TPSA) is 55.6 Å². The first-order valence-corrected chi connectivity index (χ1v) is 7.09. The Balaban J connectivity index is 1.71. The van der Waals surface area contributed by atoms with Gasteiger partial charge in [-0.15, -0.1) is 0 Å². The largest absolute Gasteiger partial charge is 0.491 e. The van der Waals surface area contributed by atoms with Crippen LogP contribution in [0.2, 0.25) is 0 Å². The van der Waals surface area contributed by atoms with Crippen LogP contribution in [0.5, 0.6) is 5.75 Å². The Bertz CT molecular complexity index is 453. The number of carbonyl (C=O) groups excluding carboxylic acids is 1. The van der Waals surface area contributed by atoms with Gasteiger partial charge in [-0.05, 0) is 31.4 Å². The Kier molecular flexibility index (Phi) is 5.35. The molecule has 0 unspecified atom stereocenters. The molecule has 1 heterocycles. The van der Waals surface area contributed by atoms with E-state index in [-0.39, 0.29) is 23.5 Å². The second-order valence-electron chi connectivity index (χ2n) is 5.00. The maximum atomic E-state index is 13.3. The fraction of sp³-hybridized carbons (Fsp3) is 0.533. The van der Waals surface area contributed by atoms with Gasteiger partial charge in [0.05, 0.1) is 6.61 Å². The van der Waals surface area contributed by atoms with E-state index in [1.165, 1.54) is 6.07 Å². The van der Waals surface area contributed by atoms with Crippen LogP contribution in [-0.4, -0.2) is 36.5 Å². The van der Waals surface area contributed by atoms with Crippen molar-refractivity contribution in [3.63, 3.8) is 0 Å². The summed E-state index contributed by atoms with van der Waals surface area (Å²) >= 11 is 0. The Morgan fingerprint density at radius 3 is 3.00 bits per heavy atom. The van der Waals surface area contributed by atoms with Crippen LogP contribution in [0.4, 0.5) is 4.39 Å². The number of nitrogens with two attached hydrogens (primary N) is 1. The summed E-state index contributed by atoms with van der Waals surface area (Å²) in [7, 11) is 0. The fourth-order valence-corrected chi connectivity index (χ4v) is 2.52. The second-order valence-corrected chi connectivity index (χ2v) is 5.00. The van der Waals surface area contributed by atoms with E-state index in [4.69, 9.17) is 10.5 Å². The molecule has 0 bridgehead atoms. The monoisotopic (exact) mass is 280 g/mol. The van der Waals surface area contributed by atoms with Crippen molar-refractivity contribution >= 4 is 5.91 Å². The molecule has 1 aromatic carbocycles. The molecule has 2 rings (SSSR count). The number of para-hydroxylation sites is 1. The van der Waals surface area contributed by atoms with Gasteiger partial charge in [0.15, 0.2) is 11.6 Å². The van der Waals surface area contributed by atoms with Gasteiger partial charge in [-0.25, -0.2) is 4.39 Å². The number of ether oxygens (including phenoxy) is 1. The van der Waals surface area contributed by atoms with Crippen LogP contribution >= 0.6 is 0 Å². The minimum atomic E-state index is -0.374. The SMILES string of the molecule is NC[C@@H]1CCCN1C(=O)CCCOc1ccccc1F. The summed E-state index contributed by atoms with van der Waals surface area (Å²) in [6, 6.07) is 6.47. The molecule has 5 heteroatoms. The molecule has 1 aromatic rings. The van der Waals surface area contributed by atoms with Crippen molar-refractivity contribution in [3.05, 3.63) is 30.1 Å². The number of benzene rings is 1. The predicted octanol–water partition coefficient (Wildman–Crippen LogP) is 1.93. The van der Waals surface area contributed by atoms with Crippen molar-refractivity contribution in [1.82, 2.24) is 4.90 Å². The van der Waals surface area contributed by atoms with Crippen molar-refractivity contribution in [2.24, 2.45) is 5.73 Å². The molecule has 20 heavy (non-hydrogen) atoms. The molecule has 1 atom stereocenters. The zero-order valence-electron chi connectivity index (χ0n) is 11.6. The highest BCUT2D eigenvalue weighted by Gasteiger charge is 2.26. The minimum absolute atomic E-state index is 0.120. The molecule has 0 saturated carbocycles. The number of nitrogens with zero attached hydrogens (tertiary/aromatic N) is 1. The van der Waals surface area contributed by atoms with Crippen LogP contribution < -0.4 is 10.5 Å². The average Bonchev–Trinajstić information content (AvgIpc) is 2.93. The molecule has 1 fully saturated rings. The Labute approximate surface area is 118 Å². The summed E-state index contributed by atoms with van der Waals surface area (Å²) in [4.78, 5) is 13.9. The first-order valence-electron chi connectivity index (χ1n) is 7.09. The average molecular weight is 280 g/mol. The second kappa shape index (κ2) is 7.24. The van der Waals surface area contributed by atoms with E-state index in [2.05, 4.69) is 0 Å². The molecule has 0 aliphatic carbocycles. The number of amides is 1. The lowest BCUT2D eigenvalue weighted by Crippen LogP contribution is -2.39. The van der Waals surface area contributed by atoms with Gasteiger partial charge in [0, 0.05) is 25.6 Å². The minimum Gasteiger partial charge on any atom is -0.491 e. The van der Waals surface area contributed by atoms with Crippen LogP contribution in [0, 0.1) is 5.82 Å². The quantitative estimate of drug-likeness (QED) is 0.810. The number of likely N-dealkylation sites (tertiary alicyclic amines) is 1. The normalized spacial score (nSPS) is 18.3. The Morgan fingerprint density at radius 1 is 1.45 bits per heavy atom. The van der Waals surface area contributed by atoms with Gasteiger partial charge in [0.25, 0.3) is 0 Å². The number of halogens is 1. The molecule has 2 N–H and O–H groups in total. The molecule has 0 radical (unpaired) electrons. The maximum Gasteiger partial charge on any atom is 0.222 e. The number of carbonyl (C=O) groups is 1. The van der Waals surface area contributed by atoms with Gasteiger partial charge in [0.1, 0.15) is 0 Å². The van der Waals surface area contributed by atoms with Crippen LogP contribution in [0.15, 0.2) is 24.3 Å². The summed E-state index contributed by atoms with van der Waals surface area (Å²) in [5.41, 5.74) is 5.65. The predicted molar refractivity (Wildman–Crippen MR) is 74.9 cm³/mol. The van der Waals surface area contributed by atoms with E-state index in [1.807, 2.05) is 4.90 Å². The van der Waals surface area contributed by atoms with E-state index >= 15 is 0 Å². The summed E-state index contributed by atoms with van der Waals surface area (Å²) in [5, 5.41) is 0. The first-order chi connectivity index (χ1) is 9.72. The summed E-state index contributed by atoms with van der Waals surface area (Å²) in [6.45, 7) is 1.67. The lowest BCUT2D eigenvalue weighted by atomic mass is 10.2. The van der Waals surface area contributed by atoms with Crippen LogP contribution in [0.25, 0.3) is 0 Å². The first kappa shape index (κ1) is 14.8. The van der Waals surface area contributed by atoms with E-state index in [0.29, 0.717) is 26.0 Å². The van der Waals surface area contributed by atoms with Crippen molar-refractivity contribution in [1.29, 1.82) is 0 Å². The summed E-state index contributed by atoms with van der Waals surface area (Å²) < 4.78 is 18.6. The van der Waals surface area contributed by atoms with Gasteiger partial charge < -0.3 is 15.4 Å². The number of rotatable bonds is 6. The molecular formula is C15H21FN2O2. The van der Waals surface area contributed by atoms with E-state index in [1.54, 1.807) is 18.2 Å². The lowest BCUT2D eigenvalue weighted by molar-refractivity contribution is -0.132. The van der Waals surface area contributed by atoms with E-state index in [0.717, 1.165) is 19.4 Å². The van der Waals surface area contributed by atoms with Crippen molar-refractivity contribution in [2.45, 2.75) is 31.7 Å². The van der Waals surface area contributed by atoms with Crippen LogP contribution in [-0.2, 0) is 4.79 Å². The summed E-state index contributed by atoms with van der Waals surface area (Å²) in [6.07, 6.45) is 3.03. The molecule has 1 aliphatic rings. The molecule has 1 saturated heterocycles. The smallest absolute Gasteiger partial charge is 0.222 e. The van der Waals surface area contributed by atoms with Gasteiger partial charge >= 0.3 is 0 Å². The van der Waals surface area contributed by atoms with E-state index < -0.39 is 0 Å². The van der Waals surface area contributed by atoms with Gasteiger partial charge in [-0.2, -0.15) is 0 Å². The third-order valence-electron chi connectivity index (χ3n) is 3.60. The molecule has 1 amide bonds. The molecule has 110 valence electrons. The highest BCUT2D eigenvalue weighted by Crippen LogP contribution is 2.18. The standard InChI is InChI=1S/C15H21FN2O2/c16-13-6-1-2-7-14(13)20-10-4-8-15(19)18-9-3-5-12(18)11-17/h1-2,6-7,12H,3-5,8-11,17H2/t12-/m0/s1. The van der Waals surface area contributed by atoms with Gasteiger partial charge in [0.2, 0.25) is 5.91 Å². The number of hydrogen-bond donors (Lipinski definition) is 1. The van der Waals surface area contributed by atoms with E-state index in [9.17, 15) is 9.18 Å². The fourth-order valence-electron chi connectivity index (χ4n) is 2.52. The van der Waals surface area contributed by atoms with Crippen molar-refractivity contribution in [2.75, 3.05) is 19.7 Å². The van der Waals surface area contributed by atoms with Crippen molar-refractivity contribution < 1.29 is 13.9 Å². The molecule has 0 spiro atoms. The highest BCUT2D eigenvalue weighted by atomic mass is 19.1. The number of hydrogen-bond acceptors (Lipinski definition) is 3. The molecule has 0 aromatic heterocycles. The Hall–Kier alpha value is -1.62. The third-order valence-corrected chi connectivity index (χ3v) is 3.60. The third kappa shape index (κ3) is 3.70. The molecule has 4 nitrogen and oxygen atoms in total. The summed E-state index contributed by atoms with van der Waals surface area (Å²) in [5.74, 6) is -0.0161. The van der Waals surface area contributed by atoms with Crippen LogP contribution in [0.3, 0.4) is 0 Å². The highest BCUT2D eigenvalue weighted by molar-refractivity contribution is 5.76. The zero-order valence-corrected chi connectivity index (χ0v) is 11.6. The van der Waals surface area contributed by atoms with Crippen molar-refractivity contribution in [3.8, 4) is 5.75 Å². The maximum absolute atomic E-state index is 13.3. The zero-order chi connectivity index (χ0) is 14.4. The van der Waals surface area contributed by atoms with Gasteiger partial charge in [-0.1, -0.05) is 12.1 Å². The Morgan fingerprint density at radius 2 is 2.25 bits per heavy atom. The molecule has 1 aliphatic heterocycles.